The van der Waals surface area contributed by atoms with Gasteiger partial charge in [0, 0.05) is 36.0 Å². The zero-order valence-corrected chi connectivity index (χ0v) is 16.7. The fraction of sp³-hybridized carbons (Fsp3) is 0.333. The third-order valence-electron chi connectivity index (χ3n) is 5.63. The number of ketones is 1. The van der Waals surface area contributed by atoms with Gasteiger partial charge < -0.3 is 19.1 Å². The van der Waals surface area contributed by atoms with Crippen LogP contribution in [-0.2, 0) is 0 Å². The number of nitrogens with zero attached hydrogens (tertiary/aromatic N) is 1. The fourth-order valence-electron chi connectivity index (χ4n) is 4.07. The van der Waals surface area contributed by atoms with Crippen LogP contribution in [0.2, 0.25) is 0 Å². The van der Waals surface area contributed by atoms with E-state index in [1.807, 2.05) is 23.1 Å². The van der Waals surface area contributed by atoms with Crippen molar-refractivity contribution >= 4 is 27.6 Å². The molecule has 144 valence electrons. The Bertz CT molecular complexity index is 981. The van der Waals surface area contributed by atoms with Gasteiger partial charge in [-0.15, -0.1) is 0 Å². The zero-order chi connectivity index (χ0) is 19.3. The van der Waals surface area contributed by atoms with Crippen molar-refractivity contribution in [1.82, 2.24) is 4.90 Å². The highest BCUT2D eigenvalue weighted by Gasteiger charge is 2.43. The van der Waals surface area contributed by atoms with E-state index >= 15 is 0 Å². The maximum atomic E-state index is 12.9. The van der Waals surface area contributed by atoms with Gasteiger partial charge in [0.15, 0.2) is 17.3 Å². The molecule has 0 N–H and O–H groups in total. The molecule has 0 radical (unpaired) electrons. The molecule has 2 aromatic rings. The van der Waals surface area contributed by atoms with Crippen molar-refractivity contribution in [3.05, 3.63) is 52.0 Å². The Hall–Kier alpha value is -2.54. The highest BCUT2D eigenvalue weighted by Crippen LogP contribution is 2.40. The van der Waals surface area contributed by atoms with E-state index < -0.39 is 5.60 Å². The SMILES string of the molecule is O=C1CC2(CCN(C(=O)c3ccc4c(c3)OCO4)CC2)Oc2ccc(Br)cc21. The van der Waals surface area contributed by atoms with Crippen LogP contribution in [0.3, 0.4) is 0 Å². The average Bonchev–Trinajstić information content (AvgIpc) is 3.17. The maximum Gasteiger partial charge on any atom is 0.253 e. The monoisotopic (exact) mass is 443 g/mol. The number of rotatable bonds is 1. The predicted molar refractivity (Wildman–Crippen MR) is 104 cm³/mol. The Labute approximate surface area is 170 Å². The van der Waals surface area contributed by atoms with Gasteiger partial charge in [0.05, 0.1) is 12.0 Å². The minimum Gasteiger partial charge on any atom is -0.486 e. The quantitative estimate of drug-likeness (QED) is 0.670. The highest BCUT2D eigenvalue weighted by molar-refractivity contribution is 9.10. The number of likely N-dealkylation sites (tertiary alicyclic amines) is 1. The van der Waals surface area contributed by atoms with Crippen LogP contribution in [0, 0.1) is 0 Å². The summed E-state index contributed by atoms with van der Waals surface area (Å²) in [4.78, 5) is 27.4. The van der Waals surface area contributed by atoms with Crippen molar-refractivity contribution in [2.75, 3.05) is 19.9 Å². The van der Waals surface area contributed by atoms with Gasteiger partial charge in [0.1, 0.15) is 11.4 Å². The summed E-state index contributed by atoms with van der Waals surface area (Å²) in [6, 6.07) is 10.8. The number of amides is 1. The van der Waals surface area contributed by atoms with Gasteiger partial charge >= 0.3 is 0 Å². The highest BCUT2D eigenvalue weighted by atomic mass is 79.9. The topological polar surface area (TPSA) is 65.1 Å². The molecule has 0 saturated carbocycles. The number of carbonyl (C=O) groups excluding carboxylic acids is 2. The molecule has 0 unspecified atom stereocenters. The number of hydrogen-bond acceptors (Lipinski definition) is 5. The Morgan fingerprint density at radius 1 is 1.00 bits per heavy atom. The molecule has 0 bridgehead atoms. The van der Waals surface area contributed by atoms with Gasteiger partial charge in [-0.05, 0) is 36.4 Å². The van der Waals surface area contributed by atoms with Crippen molar-refractivity contribution in [3.63, 3.8) is 0 Å². The standard InChI is InChI=1S/C21H18BrNO5/c22-14-2-4-17-15(10-14)16(24)11-21(28-17)5-7-23(8-6-21)20(25)13-1-3-18-19(9-13)27-12-26-18/h1-4,9-10H,5-8,11-12H2. The van der Waals surface area contributed by atoms with Crippen molar-refractivity contribution in [2.24, 2.45) is 0 Å². The molecule has 6 nitrogen and oxygen atoms in total. The van der Waals surface area contributed by atoms with Gasteiger partial charge in [-0.2, -0.15) is 0 Å². The molecular weight excluding hydrogens is 426 g/mol. The van der Waals surface area contributed by atoms with E-state index in [1.165, 1.54) is 0 Å². The Morgan fingerprint density at radius 2 is 1.75 bits per heavy atom. The third kappa shape index (κ3) is 2.94. The lowest BCUT2D eigenvalue weighted by molar-refractivity contribution is -0.00573. The van der Waals surface area contributed by atoms with E-state index in [-0.39, 0.29) is 18.5 Å². The number of carbonyl (C=O) groups is 2. The molecule has 1 fully saturated rings. The number of hydrogen-bond donors (Lipinski definition) is 0. The summed E-state index contributed by atoms with van der Waals surface area (Å²) in [6.07, 6.45) is 1.61. The maximum absolute atomic E-state index is 12.9. The van der Waals surface area contributed by atoms with E-state index in [1.54, 1.807) is 18.2 Å². The summed E-state index contributed by atoms with van der Waals surface area (Å²) >= 11 is 3.40. The summed E-state index contributed by atoms with van der Waals surface area (Å²) in [7, 11) is 0. The predicted octanol–water partition coefficient (Wildman–Crippen LogP) is 3.82. The molecule has 1 spiro atoms. The van der Waals surface area contributed by atoms with E-state index in [2.05, 4.69) is 15.9 Å². The lowest BCUT2D eigenvalue weighted by Crippen LogP contribution is -2.52. The number of halogens is 1. The Kier molecular flexibility index (Phi) is 4.08. The van der Waals surface area contributed by atoms with Crippen molar-refractivity contribution in [3.8, 4) is 17.2 Å². The van der Waals surface area contributed by atoms with Gasteiger partial charge in [-0.1, -0.05) is 15.9 Å². The second-order valence-corrected chi connectivity index (χ2v) is 8.30. The zero-order valence-electron chi connectivity index (χ0n) is 15.1. The van der Waals surface area contributed by atoms with Gasteiger partial charge in [-0.25, -0.2) is 0 Å². The second-order valence-electron chi connectivity index (χ2n) is 7.39. The summed E-state index contributed by atoms with van der Waals surface area (Å²) in [5, 5.41) is 0. The molecule has 3 heterocycles. The minimum atomic E-state index is -0.524. The second kappa shape index (κ2) is 6.51. The molecule has 5 rings (SSSR count). The van der Waals surface area contributed by atoms with Crippen LogP contribution in [0.25, 0.3) is 0 Å². The lowest BCUT2D eigenvalue weighted by atomic mass is 9.82. The fourth-order valence-corrected chi connectivity index (χ4v) is 4.44. The number of piperidine rings is 1. The molecule has 3 aliphatic rings. The smallest absolute Gasteiger partial charge is 0.253 e. The molecule has 0 aromatic heterocycles. The lowest BCUT2D eigenvalue weighted by Gasteiger charge is -2.44. The molecule has 7 heteroatoms. The van der Waals surface area contributed by atoms with Crippen molar-refractivity contribution < 1.29 is 23.8 Å². The van der Waals surface area contributed by atoms with E-state index in [9.17, 15) is 9.59 Å². The molecule has 0 aliphatic carbocycles. The first-order valence-electron chi connectivity index (χ1n) is 9.24. The summed E-state index contributed by atoms with van der Waals surface area (Å²) in [6.45, 7) is 1.28. The molecule has 2 aromatic carbocycles. The van der Waals surface area contributed by atoms with Crippen molar-refractivity contribution in [2.45, 2.75) is 24.9 Å². The third-order valence-corrected chi connectivity index (χ3v) is 6.13. The summed E-state index contributed by atoms with van der Waals surface area (Å²) in [5.41, 5.74) is 0.679. The first kappa shape index (κ1) is 17.6. The Balaban J connectivity index is 1.30. The van der Waals surface area contributed by atoms with Crippen LogP contribution < -0.4 is 14.2 Å². The molecule has 3 aliphatic heterocycles. The van der Waals surface area contributed by atoms with Crippen LogP contribution in [-0.4, -0.2) is 42.1 Å². The Morgan fingerprint density at radius 3 is 2.57 bits per heavy atom. The van der Waals surface area contributed by atoms with Crippen LogP contribution in [0.4, 0.5) is 0 Å². The number of ether oxygens (including phenoxy) is 3. The van der Waals surface area contributed by atoms with Gasteiger partial charge in [0.2, 0.25) is 6.79 Å². The first-order valence-corrected chi connectivity index (χ1v) is 10.0. The average molecular weight is 444 g/mol. The molecule has 1 saturated heterocycles. The number of benzene rings is 2. The molecule has 0 atom stereocenters. The molecule has 1 amide bonds. The van der Waals surface area contributed by atoms with Crippen LogP contribution in [0.1, 0.15) is 40.0 Å². The van der Waals surface area contributed by atoms with Crippen LogP contribution in [0.5, 0.6) is 17.2 Å². The number of Topliss-reactive ketones (excluding diaryl/α,β-unsaturated/α-hetero) is 1. The number of fused-ring (bicyclic) bond motifs is 2. The van der Waals surface area contributed by atoms with Gasteiger partial charge in [-0.3, -0.25) is 9.59 Å². The van der Waals surface area contributed by atoms with E-state index in [0.717, 1.165) is 4.47 Å². The molecule has 28 heavy (non-hydrogen) atoms. The van der Waals surface area contributed by atoms with Crippen LogP contribution >= 0.6 is 15.9 Å². The van der Waals surface area contributed by atoms with E-state index in [0.29, 0.717) is 60.7 Å². The summed E-state index contributed by atoms with van der Waals surface area (Å²) < 4.78 is 17.8. The normalized spacial score (nSPS) is 19.3. The van der Waals surface area contributed by atoms with Gasteiger partial charge in [0.25, 0.3) is 5.91 Å². The van der Waals surface area contributed by atoms with Crippen molar-refractivity contribution in [1.29, 1.82) is 0 Å². The van der Waals surface area contributed by atoms with Crippen LogP contribution in [0.15, 0.2) is 40.9 Å². The first-order chi connectivity index (χ1) is 13.5. The largest absolute Gasteiger partial charge is 0.486 e. The molecular formula is C21H18BrNO5. The summed E-state index contributed by atoms with van der Waals surface area (Å²) in [5.74, 6) is 1.95. The minimum absolute atomic E-state index is 0.0420. The van der Waals surface area contributed by atoms with E-state index in [4.69, 9.17) is 14.2 Å².